The van der Waals surface area contributed by atoms with Crippen molar-refractivity contribution in [3.63, 3.8) is 0 Å². The van der Waals surface area contributed by atoms with Gasteiger partial charge in [0.2, 0.25) is 0 Å². The number of nitrogens with one attached hydrogen (secondary N) is 1. The van der Waals surface area contributed by atoms with Crippen molar-refractivity contribution in [1.29, 1.82) is 0 Å². The summed E-state index contributed by atoms with van der Waals surface area (Å²) in [5.41, 5.74) is 5.83. The maximum Gasteiger partial charge on any atom is 0.253 e. The molecule has 0 aliphatic rings. The third kappa shape index (κ3) is 3.19. The number of hydrogen-bond donors (Lipinski definition) is 2. The van der Waals surface area contributed by atoms with Crippen molar-refractivity contribution in [2.24, 2.45) is 7.05 Å². The number of hydrogen-bond acceptors (Lipinski definition) is 5. The Morgan fingerprint density at radius 1 is 1.58 bits per heavy atom. The van der Waals surface area contributed by atoms with Gasteiger partial charge >= 0.3 is 0 Å². The molecule has 0 unspecified atom stereocenters. The van der Waals surface area contributed by atoms with Gasteiger partial charge in [-0.1, -0.05) is 11.6 Å². The van der Waals surface area contributed by atoms with Crippen molar-refractivity contribution >= 4 is 23.3 Å². The summed E-state index contributed by atoms with van der Waals surface area (Å²) >= 11 is 5.89. The van der Waals surface area contributed by atoms with Crippen LogP contribution in [0.25, 0.3) is 0 Å². The fourth-order valence-corrected chi connectivity index (χ4v) is 1.73. The van der Waals surface area contributed by atoms with Crippen molar-refractivity contribution in [2.45, 2.75) is 6.42 Å². The van der Waals surface area contributed by atoms with Crippen LogP contribution in [0.2, 0.25) is 5.02 Å². The Hall–Kier alpha value is -2.15. The number of aryl methyl sites for hydroxylation is 1. The van der Waals surface area contributed by atoms with Gasteiger partial charge < -0.3 is 15.6 Å². The Bertz CT molecular complexity index is 597. The van der Waals surface area contributed by atoms with E-state index in [1.54, 1.807) is 10.9 Å². The number of rotatable bonds is 4. The molecule has 8 heteroatoms. The Morgan fingerprint density at radius 3 is 3.05 bits per heavy atom. The van der Waals surface area contributed by atoms with E-state index in [0.717, 1.165) is 5.82 Å². The monoisotopic (exact) mass is 280 g/mol. The Morgan fingerprint density at radius 2 is 2.37 bits per heavy atom. The van der Waals surface area contributed by atoms with E-state index in [9.17, 15) is 4.79 Å². The highest BCUT2D eigenvalue weighted by Crippen LogP contribution is 2.16. The fourth-order valence-electron chi connectivity index (χ4n) is 1.55. The summed E-state index contributed by atoms with van der Waals surface area (Å²) in [5, 5.41) is 10.7. The molecule has 2 aromatic rings. The van der Waals surface area contributed by atoms with Gasteiger partial charge in [-0.05, 0) is 6.07 Å². The lowest BCUT2D eigenvalue weighted by Crippen LogP contribution is -2.26. The molecule has 0 saturated carbocycles. The van der Waals surface area contributed by atoms with Gasteiger partial charge in [0.1, 0.15) is 18.0 Å². The number of anilines is 1. The van der Waals surface area contributed by atoms with Gasteiger partial charge in [0.15, 0.2) is 0 Å². The molecule has 19 heavy (non-hydrogen) atoms. The maximum atomic E-state index is 11.9. The van der Waals surface area contributed by atoms with Crippen LogP contribution in [-0.2, 0) is 13.5 Å². The predicted octanol–water partition coefficient (Wildman–Crippen LogP) is 0.418. The zero-order valence-corrected chi connectivity index (χ0v) is 11.1. The fraction of sp³-hybridized carbons (Fsp3) is 0.273. The minimum atomic E-state index is -0.290. The largest absolute Gasteiger partial charge is 0.384 e. The topological polar surface area (TPSA) is 98.7 Å². The van der Waals surface area contributed by atoms with Gasteiger partial charge in [-0.3, -0.25) is 4.79 Å². The van der Waals surface area contributed by atoms with Gasteiger partial charge in [-0.25, -0.2) is 4.98 Å². The molecule has 3 N–H and O–H groups in total. The second-order valence-corrected chi connectivity index (χ2v) is 4.36. The number of aromatic nitrogens is 4. The molecule has 0 spiro atoms. The highest BCUT2D eigenvalue weighted by molar-refractivity contribution is 6.33. The van der Waals surface area contributed by atoms with Crippen LogP contribution in [0.5, 0.6) is 0 Å². The van der Waals surface area contributed by atoms with E-state index >= 15 is 0 Å². The van der Waals surface area contributed by atoms with Gasteiger partial charge in [-0.2, -0.15) is 0 Å². The molecule has 100 valence electrons. The summed E-state index contributed by atoms with van der Waals surface area (Å²) < 4.78 is 1.80. The van der Waals surface area contributed by atoms with E-state index in [2.05, 4.69) is 20.5 Å². The standard InChI is InChI=1S/C11H13ClN6O/c1-18-6-16-17-10(18)2-3-14-11(19)7-4-9(13)15-5-8(7)12/h4-6H,2-3H2,1H3,(H2,13,15)(H,14,19). The van der Waals surface area contributed by atoms with E-state index in [4.69, 9.17) is 17.3 Å². The summed E-state index contributed by atoms with van der Waals surface area (Å²) in [7, 11) is 1.84. The van der Waals surface area contributed by atoms with Crippen LogP contribution in [-0.4, -0.2) is 32.2 Å². The number of carbonyl (C=O) groups is 1. The number of nitrogen functional groups attached to an aromatic ring is 1. The van der Waals surface area contributed by atoms with Crippen molar-refractivity contribution < 1.29 is 4.79 Å². The minimum Gasteiger partial charge on any atom is -0.384 e. The highest BCUT2D eigenvalue weighted by Gasteiger charge is 2.11. The molecule has 2 heterocycles. The van der Waals surface area contributed by atoms with Crippen LogP contribution >= 0.6 is 11.6 Å². The third-order valence-corrected chi connectivity index (χ3v) is 2.86. The molecule has 2 rings (SSSR count). The summed E-state index contributed by atoms with van der Waals surface area (Å²) in [6.45, 7) is 0.434. The summed E-state index contributed by atoms with van der Waals surface area (Å²) in [5.74, 6) is 0.754. The highest BCUT2D eigenvalue weighted by atomic mass is 35.5. The third-order valence-electron chi connectivity index (χ3n) is 2.56. The van der Waals surface area contributed by atoms with Gasteiger partial charge in [0.05, 0.1) is 10.6 Å². The van der Waals surface area contributed by atoms with Crippen LogP contribution in [0.1, 0.15) is 16.2 Å². The molecule has 0 atom stereocenters. The van der Waals surface area contributed by atoms with Crippen molar-refractivity contribution in [3.05, 3.63) is 35.0 Å². The molecule has 0 aromatic carbocycles. The molecule has 0 saturated heterocycles. The number of nitrogens with zero attached hydrogens (tertiary/aromatic N) is 4. The average Bonchev–Trinajstić information content (AvgIpc) is 2.78. The number of nitrogens with two attached hydrogens (primary N) is 1. The molecule has 2 aromatic heterocycles. The predicted molar refractivity (Wildman–Crippen MR) is 70.7 cm³/mol. The summed E-state index contributed by atoms with van der Waals surface area (Å²) in [4.78, 5) is 15.7. The molecule has 0 radical (unpaired) electrons. The summed E-state index contributed by atoms with van der Waals surface area (Å²) in [6.07, 6.45) is 3.55. The normalized spacial score (nSPS) is 10.4. The van der Waals surface area contributed by atoms with Crippen molar-refractivity contribution in [1.82, 2.24) is 25.1 Å². The summed E-state index contributed by atoms with van der Waals surface area (Å²) in [6, 6.07) is 1.44. The van der Waals surface area contributed by atoms with Crippen molar-refractivity contribution in [2.75, 3.05) is 12.3 Å². The maximum absolute atomic E-state index is 11.9. The molecular weight excluding hydrogens is 268 g/mol. The molecule has 0 bridgehead atoms. The lowest BCUT2D eigenvalue weighted by atomic mass is 10.2. The zero-order valence-electron chi connectivity index (χ0n) is 10.3. The first-order chi connectivity index (χ1) is 9.08. The van der Waals surface area contributed by atoms with Crippen LogP contribution < -0.4 is 11.1 Å². The Labute approximate surface area is 114 Å². The minimum absolute atomic E-state index is 0.253. The first kappa shape index (κ1) is 13.3. The Balaban J connectivity index is 1.94. The lowest BCUT2D eigenvalue weighted by Gasteiger charge is -2.06. The van der Waals surface area contributed by atoms with Crippen LogP contribution in [0, 0.1) is 0 Å². The van der Waals surface area contributed by atoms with Crippen LogP contribution in [0.4, 0.5) is 5.82 Å². The zero-order chi connectivity index (χ0) is 13.8. The lowest BCUT2D eigenvalue weighted by molar-refractivity contribution is 0.0954. The SMILES string of the molecule is Cn1cnnc1CCNC(=O)c1cc(N)ncc1Cl. The van der Waals surface area contributed by atoms with E-state index in [-0.39, 0.29) is 16.7 Å². The Kier molecular flexibility index (Phi) is 3.96. The van der Waals surface area contributed by atoms with Gasteiger partial charge in [0.25, 0.3) is 5.91 Å². The van der Waals surface area contributed by atoms with E-state index in [1.807, 2.05) is 7.05 Å². The molecule has 0 aliphatic carbocycles. The van der Waals surface area contributed by atoms with Crippen LogP contribution in [0.3, 0.4) is 0 Å². The molecule has 0 fully saturated rings. The second-order valence-electron chi connectivity index (χ2n) is 3.95. The van der Waals surface area contributed by atoms with E-state index < -0.39 is 0 Å². The van der Waals surface area contributed by atoms with E-state index in [1.165, 1.54) is 12.3 Å². The molecular formula is C11H13ClN6O. The number of pyridine rings is 1. The quantitative estimate of drug-likeness (QED) is 0.845. The number of amides is 1. The van der Waals surface area contributed by atoms with Crippen molar-refractivity contribution in [3.8, 4) is 0 Å². The molecule has 1 amide bonds. The van der Waals surface area contributed by atoms with Gasteiger partial charge in [0, 0.05) is 26.2 Å². The average molecular weight is 281 g/mol. The number of carbonyl (C=O) groups excluding carboxylic acids is 1. The van der Waals surface area contributed by atoms with E-state index in [0.29, 0.717) is 18.5 Å². The second kappa shape index (κ2) is 5.66. The van der Waals surface area contributed by atoms with Crippen LogP contribution in [0.15, 0.2) is 18.6 Å². The van der Waals surface area contributed by atoms with Gasteiger partial charge in [-0.15, -0.1) is 10.2 Å². The first-order valence-electron chi connectivity index (χ1n) is 5.60. The number of halogens is 1. The molecule has 7 nitrogen and oxygen atoms in total. The smallest absolute Gasteiger partial charge is 0.253 e. The molecule has 0 aliphatic heterocycles. The first-order valence-corrected chi connectivity index (χ1v) is 5.98.